The van der Waals surface area contributed by atoms with Crippen LogP contribution in [0.4, 0.5) is 0 Å². The fourth-order valence-electron chi connectivity index (χ4n) is 3.19. The summed E-state index contributed by atoms with van der Waals surface area (Å²) in [6.45, 7) is -0.113. The van der Waals surface area contributed by atoms with Crippen LogP contribution in [-0.4, -0.2) is 47.6 Å². The first kappa shape index (κ1) is 20.8. The van der Waals surface area contributed by atoms with Crippen molar-refractivity contribution in [1.29, 1.82) is 5.26 Å². The number of carbonyl (C=O) groups is 1. The molecular formula is C20H20N2O6S. The van der Waals surface area contributed by atoms with E-state index in [1.54, 1.807) is 24.3 Å². The van der Waals surface area contributed by atoms with Gasteiger partial charge in [-0.05, 0) is 43.2 Å². The Morgan fingerprint density at radius 1 is 1.17 bits per heavy atom. The van der Waals surface area contributed by atoms with Crippen molar-refractivity contribution in [3.8, 4) is 11.8 Å². The summed E-state index contributed by atoms with van der Waals surface area (Å²) in [6.07, 6.45) is -0.613. The van der Waals surface area contributed by atoms with E-state index in [9.17, 15) is 23.4 Å². The molecule has 0 aromatic heterocycles. The summed E-state index contributed by atoms with van der Waals surface area (Å²) in [5, 5.41) is 28.3. The molecule has 1 heterocycles. The van der Waals surface area contributed by atoms with Gasteiger partial charge in [0, 0.05) is 12.1 Å². The number of benzene rings is 2. The summed E-state index contributed by atoms with van der Waals surface area (Å²) in [5.41, 5.74) is 1.20. The molecule has 2 aromatic carbocycles. The van der Waals surface area contributed by atoms with E-state index in [0.29, 0.717) is 16.9 Å². The molecule has 0 aliphatic carbocycles. The fraction of sp³-hybridized carbons (Fsp3) is 0.300. The molecule has 2 unspecified atom stereocenters. The number of hydrogen-bond acceptors (Lipinski definition) is 6. The van der Waals surface area contributed by atoms with E-state index < -0.39 is 28.1 Å². The Bertz CT molecular complexity index is 1030. The molecule has 0 bridgehead atoms. The standard InChI is InChI=1S/C20H20N2O6S/c21-11-14-3-1-2-4-15(14)13-28-17-6-8-18(9-7-17)29(26,27)22-12-16(23)5-10-19(22)20(24)25/h1-4,6-9,16,19,23H,5,10,12-13H2,(H,24,25). The van der Waals surface area contributed by atoms with Crippen molar-refractivity contribution >= 4 is 16.0 Å². The first-order valence-electron chi connectivity index (χ1n) is 8.96. The van der Waals surface area contributed by atoms with Crippen molar-refractivity contribution < 1.29 is 28.2 Å². The smallest absolute Gasteiger partial charge is 0.322 e. The van der Waals surface area contributed by atoms with Crippen molar-refractivity contribution in [2.24, 2.45) is 0 Å². The highest BCUT2D eigenvalue weighted by atomic mass is 32.2. The Kier molecular flexibility index (Phi) is 6.17. The Balaban J connectivity index is 1.76. The topological polar surface area (TPSA) is 128 Å². The maximum Gasteiger partial charge on any atom is 0.322 e. The van der Waals surface area contributed by atoms with Crippen LogP contribution in [0.25, 0.3) is 0 Å². The minimum atomic E-state index is -4.09. The molecule has 2 N–H and O–H groups in total. The zero-order valence-electron chi connectivity index (χ0n) is 15.4. The minimum absolute atomic E-state index is 0.0508. The van der Waals surface area contributed by atoms with Crippen LogP contribution in [0.15, 0.2) is 53.4 Å². The van der Waals surface area contributed by atoms with Crippen LogP contribution in [0.3, 0.4) is 0 Å². The summed E-state index contributed by atoms with van der Waals surface area (Å²) < 4.78 is 32.3. The Morgan fingerprint density at radius 2 is 1.86 bits per heavy atom. The Labute approximate surface area is 168 Å². The first-order valence-corrected chi connectivity index (χ1v) is 10.4. The van der Waals surface area contributed by atoms with Crippen LogP contribution in [0.5, 0.6) is 5.75 Å². The van der Waals surface area contributed by atoms with Crippen LogP contribution in [0.1, 0.15) is 24.0 Å². The highest BCUT2D eigenvalue weighted by Gasteiger charge is 2.40. The molecular weight excluding hydrogens is 396 g/mol. The maximum absolute atomic E-state index is 12.9. The largest absolute Gasteiger partial charge is 0.489 e. The first-order chi connectivity index (χ1) is 13.8. The number of hydrogen-bond donors (Lipinski definition) is 2. The summed E-state index contributed by atoms with van der Waals surface area (Å²) in [6, 6.07) is 13.5. The molecule has 0 radical (unpaired) electrons. The van der Waals surface area contributed by atoms with E-state index in [1.165, 1.54) is 24.3 Å². The SMILES string of the molecule is N#Cc1ccccc1COc1ccc(S(=O)(=O)N2CC(O)CCC2C(=O)O)cc1. The summed E-state index contributed by atoms with van der Waals surface area (Å²) in [4.78, 5) is 11.4. The van der Waals surface area contributed by atoms with Gasteiger partial charge in [-0.15, -0.1) is 0 Å². The average Bonchev–Trinajstić information content (AvgIpc) is 2.72. The van der Waals surface area contributed by atoms with Crippen molar-refractivity contribution in [2.75, 3.05) is 6.54 Å². The van der Waals surface area contributed by atoms with E-state index in [4.69, 9.17) is 10.00 Å². The second-order valence-electron chi connectivity index (χ2n) is 6.69. The third-order valence-electron chi connectivity index (χ3n) is 4.76. The molecule has 2 aromatic rings. The minimum Gasteiger partial charge on any atom is -0.489 e. The fourth-order valence-corrected chi connectivity index (χ4v) is 4.84. The van der Waals surface area contributed by atoms with Gasteiger partial charge < -0.3 is 14.9 Å². The number of nitrogens with zero attached hydrogens (tertiary/aromatic N) is 2. The molecule has 9 heteroatoms. The predicted molar refractivity (Wildman–Crippen MR) is 102 cm³/mol. The molecule has 0 saturated carbocycles. The maximum atomic E-state index is 12.9. The number of β-amino-alcohol motifs (C(OH)–C–C–N with tert-alkyl or cyclic N) is 1. The normalized spacial score (nSPS) is 20.0. The lowest BCUT2D eigenvalue weighted by molar-refractivity contribution is -0.143. The predicted octanol–water partition coefficient (Wildman–Crippen LogP) is 1.74. The number of aliphatic hydroxyl groups excluding tert-OH is 1. The second-order valence-corrected chi connectivity index (χ2v) is 8.58. The van der Waals surface area contributed by atoms with Crippen molar-refractivity contribution in [3.05, 3.63) is 59.7 Å². The van der Waals surface area contributed by atoms with E-state index >= 15 is 0 Å². The van der Waals surface area contributed by atoms with Crippen molar-refractivity contribution in [1.82, 2.24) is 4.31 Å². The lowest BCUT2D eigenvalue weighted by atomic mass is 10.0. The number of sulfonamides is 1. The van der Waals surface area contributed by atoms with Gasteiger partial charge >= 0.3 is 5.97 Å². The highest BCUT2D eigenvalue weighted by molar-refractivity contribution is 7.89. The number of rotatable bonds is 6. The molecule has 152 valence electrons. The highest BCUT2D eigenvalue weighted by Crippen LogP contribution is 2.27. The molecule has 1 saturated heterocycles. The lowest BCUT2D eigenvalue weighted by Gasteiger charge is -2.34. The van der Waals surface area contributed by atoms with Crippen LogP contribution >= 0.6 is 0 Å². The molecule has 29 heavy (non-hydrogen) atoms. The van der Waals surface area contributed by atoms with Gasteiger partial charge in [-0.3, -0.25) is 4.79 Å². The molecule has 2 atom stereocenters. The summed E-state index contributed by atoms with van der Waals surface area (Å²) >= 11 is 0. The van der Waals surface area contributed by atoms with Gasteiger partial charge in [0.2, 0.25) is 10.0 Å². The van der Waals surface area contributed by atoms with Gasteiger partial charge in [-0.2, -0.15) is 9.57 Å². The number of nitriles is 1. The van der Waals surface area contributed by atoms with Crippen LogP contribution < -0.4 is 4.74 Å². The molecule has 8 nitrogen and oxygen atoms in total. The van der Waals surface area contributed by atoms with Gasteiger partial charge in [-0.25, -0.2) is 8.42 Å². The average molecular weight is 416 g/mol. The number of aliphatic carboxylic acids is 1. The second kappa shape index (κ2) is 8.61. The summed E-state index contributed by atoms with van der Waals surface area (Å²) in [7, 11) is -4.09. The number of aliphatic hydroxyl groups is 1. The Hall–Kier alpha value is -2.93. The van der Waals surface area contributed by atoms with Crippen LogP contribution in [0.2, 0.25) is 0 Å². The number of carboxylic acid groups (broad SMARTS) is 1. The van der Waals surface area contributed by atoms with Crippen LogP contribution in [-0.2, 0) is 21.4 Å². The van der Waals surface area contributed by atoms with E-state index in [0.717, 1.165) is 4.31 Å². The van der Waals surface area contributed by atoms with Crippen molar-refractivity contribution in [2.45, 2.75) is 36.5 Å². The lowest BCUT2D eigenvalue weighted by Crippen LogP contribution is -2.51. The van der Waals surface area contributed by atoms with Crippen molar-refractivity contribution in [3.63, 3.8) is 0 Å². The quantitative estimate of drug-likeness (QED) is 0.734. The molecule has 0 spiro atoms. The zero-order valence-corrected chi connectivity index (χ0v) is 16.2. The van der Waals surface area contributed by atoms with Gasteiger partial charge in [0.05, 0.1) is 22.6 Å². The number of ether oxygens (including phenoxy) is 1. The zero-order chi connectivity index (χ0) is 21.0. The van der Waals surface area contributed by atoms with Gasteiger partial charge in [0.25, 0.3) is 0 Å². The number of carboxylic acids is 1. The molecule has 0 amide bonds. The van der Waals surface area contributed by atoms with Gasteiger partial charge in [0.1, 0.15) is 18.4 Å². The van der Waals surface area contributed by atoms with Crippen LogP contribution in [0, 0.1) is 11.3 Å². The molecule has 1 aliphatic rings. The third kappa shape index (κ3) is 4.56. The van der Waals surface area contributed by atoms with E-state index in [1.807, 2.05) is 0 Å². The Morgan fingerprint density at radius 3 is 2.52 bits per heavy atom. The third-order valence-corrected chi connectivity index (χ3v) is 6.65. The number of piperidine rings is 1. The molecule has 3 rings (SSSR count). The van der Waals surface area contributed by atoms with Gasteiger partial charge in [-0.1, -0.05) is 18.2 Å². The van der Waals surface area contributed by atoms with Gasteiger partial charge in [0.15, 0.2) is 0 Å². The molecule has 1 fully saturated rings. The summed E-state index contributed by atoms with van der Waals surface area (Å²) in [5.74, 6) is -0.832. The monoisotopic (exact) mass is 416 g/mol. The van der Waals surface area contributed by atoms with E-state index in [2.05, 4.69) is 6.07 Å². The molecule has 1 aliphatic heterocycles. The van der Waals surface area contributed by atoms with E-state index in [-0.39, 0.29) is 30.9 Å².